The number of amides is 2. The third-order valence-corrected chi connectivity index (χ3v) is 5.70. The Hall–Kier alpha value is -4.05. The van der Waals surface area contributed by atoms with E-state index in [1.165, 1.54) is 0 Å². The Labute approximate surface area is 192 Å². The molecule has 1 fully saturated rings. The first-order chi connectivity index (χ1) is 16.0. The van der Waals surface area contributed by atoms with Gasteiger partial charge in [-0.25, -0.2) is 0 Å². The van der Waals surface area contributed by atoms with Crippen LogP contribution in [0.1, 0.15) is 58.4 Å². The number of rotatable bonds is 6. The molecule has 1 aliphatic heterocycles. The van der Waals surface area contributed by atoms with Gasteiger partial charge in [-0.1, -0.05) is 0 Å². The summed E-state index contributed by atoms with van der Waals surface area (Å²) in [7, 11) is 0. The van der Waals surface area contributed by atoms with Gasteiger partial charge in [0.2, 0.25) is 0 Å². The molecular formula is C26H25N3O4. The molecule has 2 aromatic carbocycles. The number of furan rings is 1. The van der Waals surface area contributed by atoms with Gasteiger partial charge in [-0.05, 0) is 86.8 Å². The van der Waals surface area contributed by atoms with Crippen molar-refractivity contribution >= 4 is 17.5 Å². The number of likely N-dealkylation sites (tertiary alicyclic amines) is 1. The lowest BCUT2D eigenvalue weighted by atomic mass is 10.0. The van der Waals surface area contributed by atoms with E-state index in [-0.39, 0.29) is 30.2 Å². The van der Waals surface area contributed by atoms with Crippen LogP contribution < -0.4 is 10.1 Å². The van der Waals surface area contributed by atoms with E-state index >= 15 is 0 Å². The smallest absolute Gasteiger partial charge is 0.291 e. The number of nitrogens with zero attached hydrogens (tertiary/aromatic N) is 2. The first kappa shape index (κ1) is 22.2. The summed E-state index contributed by atoms with van der Waals surface area (Å²) in [5.41, 5.74) is 1.75. The standard InChI is InChI=1S/C26H25N3O4/c1-18-4-2-3-15-29(18)26(31)20-7-9-21(10-8-20)28-25(30)24-14-13-23(33-24)17-32-22-11-5-19(16-27)6-12-22/h5-14,18H,2-4,15,17H2,1H3,(H,28,30). The Morgan fingerprint density at radius 3 is 2.55 bits per heavy atom. The Morgan fingerprint density at radius 2 is 1.85 bits per heavy atom. The minimum absolute atomic E-state index is 0.0259. The number of hydrogen-bond donors (Lipinski definition) is 1. The highest BCUT2D eigenvalue weighted by Crippen LogP contribution is 2.21. The number of piperidine rings is 1. The quantitative estimate of drug-likeness (QED) is 0.579. The lowest BCUT2D eigenvalue weighted by Gasteiger charge is -2.33. The Bertz CT molecular complexity index is 1160. The van der Waals surface area contributed by atoms with Gasteiger partial charge >= 0.3 is 0 Å². The minimum atomic E-state index is -0.386. The van der Waals surface area contributed by atoms with Crippen LogP contribution in [-0.2, 0) is 6.61 Å². The molecule has 1 aliphatic rings. The molecule has 7 nitrogen and oxygen atoms in total. The van der Waals surface area contributed by atoms with Gasteiger partial charge in [0.15, 0.2) is 5.76 Å². The molecule has 3 aromatic rings. The van der Waals surface area contributed by atoms with E-state index in [2.05, 4.69) is 18.3 Å². The fourth-order valence-corrected chi connectivity index (χ4v) is 3.81. The zero-order valence-corrected chi connectivity index (χ0v) is 18.4. The second-order valence-electron chi connectivity index (χ2n) is 8.07. The van der Waals surface area contributed by atoms with Crippen molar-refractivity contribution in [1.29, 1.82) is 5.26 Å². The maximum atomic E-state index is 12.8. The molecule has 1 aromatic heterocycles. The zero-order chi connectivity index (χ0) is 23.2. The first-order valence-electron chi connectivity index (χ1n) is 11.0. The molecule has 1 atom stereocenters. The van der Waals surface area contributed by atoms with Crippen LogP contribution >= 0.6 is 0 Å². The Morgan fingerprint density at radius 1 is 1.09 bits per heavy atom. The van der Waals surface area contributed by atoms with Crippen molar-refractivity contribution in [3.05, 3.63) is 83.3 Å². The van der Waals surface area contributed by atoms with Gasteiger partial charge in [-0.15, -0.1) is 0 Å². The Kier molecular flexibility index (Phi) is 6.75. The number of carbonyl (C=O) groups excluding carboxylic acids is 2. The van der Waals surface area contributed by atoms with Gasteiger partial charge in [0.25, 0.3) is 11.8 Å². The van der Waals surface area contributed by atoms with Crippen molar-refractivity contribution in [3.8, 4) is 11.8 Å². The van der Waals surface area contributed by atoms with Crippen LogP contribution in [0.25, 0.3) is 0 Å². The minimum Gasteiger partial charge on any atom is -0.486 e. The first-order valence-corrected chi connectivity index (χ1v) is 11.0. The predicted molar refractivity (Wildman–Crippen MR) is 123 cm³/mol. The van der Waals surface area contributed by atoms with Crippen LogP contribution in [0.15, 0.2) is 65.1 Å². The molecule has 33 heavy (non-hydrogen) atoms. The molecule has 0 saturated carbocycles. The molecule has 1 saturated heterocycles. The number of hydrogen-bond acceptors (Lipinski definition) is 5. The van der Waals surface area contributed by atoms with Crippen molar-refractivity contribution in [2.24, 2.45) is 0 Å². The molecule has 0 bridgehead atoms. The summed E-state index contributed by atoms with van der Waals surface area (Å²) in [4.78, 5) is 27.2. The van der Waals surface area contributed by atoms with Crippen LogP contribution in [0.4, 0.5) is 5.69 Å². The fourth-order valence-electron chi connectivity index (χ4n) is 3.81. The SMILES string of the molecule is CC1CCCCN1C(=O)c1ccc(NC(=O)c2ccc(COc3ccc(C#N)cc3)o2)cc1. The van der Waals surface area contributed by atoms with Gasteiger partial charge in [-0.3, -0.25) is 9.59 Å². The highest BCUT2D eigenvalue weighted by molar-refractivity contribution is 6.02. The summed E-state index contributed by atoms with van der Waals surface area (Å²) in [6, 6.07) is 19.2. The van der Waals surface area contributed by atoms with Crippen LogP contribution in [0.2, 0.25) is 0 Å². The van der Waals surface area contributed by atoms with Gasteiger partial charge in [0.05, 0.1) is 11.6 Å². The van der Waals surface area contributed by atoms with E-state index in [0.717, 1.165) is 25.8 Å². The van der Waals surface area contributed by atoms with Crippen molar-refractivity contribution < 1.29 is 18.7 Å². The molecule has 0 radical (unpaired) electrons. The van der Waals surface area contributed by atoms with E-state index in [9.17, 15) is 9.59 Å². The Balaban J connectivity index is 1.32. The molecule has 1 N–H and O–H groups in total. The van der Waals surface area contributed by atoms with E-state index in [4.69, 9.17) is 14.4 Å². The maximum Gasteiger partial charge on any atom is 0.291 e. The molecule has 0 aliphatic carbocycles. The summed E-state index contributed by atoms with van der Waals surface area (Å²) in [6.07, 6.45) is 3.23. The number of benzene rings is 2. The van der Waals surface area contributed by atoms with E-state index in [1.807, 2.05) is 4.90 Å². The number of nitrogens with one attached hydrogen (secondary N) is 1. The average molecular weight is 444 g/mol. The summed E-state index contributed by atoms with van der Waals surface area (Å²) in [5, 5.41) is 11.6. The van der Waals surface area contributed by atoms with Gasteiger partial charge in [0.1, 0.15) is 18.1 Å². The topological polar surface area (TPSA) is 95.6 Å². The summed E-state index contributed by atoms with van der Waals surface area (Å²) in [6.45, 7) is 3.03. The number of anilines is 1. The van der Waals surface area contributed by atoms with E-state index in [1.54, 1.807) is 60.7 Å². The third-order valence-electron chi connectivity index (χ3n) is 5.70. The lowest BCUT2D eigenvalue weighted by Crippen LogP contribution is -2.42. The lowest BCUT2D eigenvalue weighted by molar-refractivity contribution is 0.0635. The molecule has 4 rings (SSSR count). The van der Waals surface area contributed by atoms with Gasteiger partial charge in [0, 0.05) is 23.8 Å². The second kappa shape index (κ2) is 10.0. The molecule has 0 spiro atoms. The van der Waals surface area contributed by atoms with Gasteiger partial charge in [-0.2, -0.15) is 5.26 Å². The van der Waals surface area contributed by atoms with Gasteiger partial charge < -0.3 is 19.4 Å². The monoisotopic (exact) mass is 443 g/mol. The van der Waals surface area contributed by atoms with Crippen molar-refractivity contribution in [3.63, 3.8) is 0 Å². The normalized spacial score (nSPS) is 15.5. The number of carbonyl (C=O) groups is 2. The molecule has 2 amide bonds. The van der Waals surface area contributed by atoms with Crippen LogP contribution in [0, 0.1) is 11.3 Å². The summed E-state index contributed by atoms with van der Waals surface area (Å²) < 4.78 is 11.2. The molecule has 2 heterocycles. The van der Waals surface area contributed by atoms with Crippen LogP contribution in [-0.4, -0.2) is 29.3 Å². The predicted octanol–water partition coefficient (Wildman–Crippen LogP) is 5.00. The largest absolute Gasteiger partial charge is 0.486 e. The number of nitriles is 1. The molecule has 7 heteroatoms. The third kappa shape index (κ3) is 5.42. The number of ether oxygens (including phenoxy) is 1. The van der Waals surface area contributed by atoms with Crippen molar-refractivity contribution in [2.45, 2.75) is 38.8 Å². The highest BCUT2D eigenvalue weighted by Gasteiger charge is 2.24. The summed E-state index contributed by atoms with van der Waals surface area (Å²) in [5.74, 6) is 0.906. The van der Waals surface area contributed by atoms with Crippen molar-refractivity contribution in [2.75, 3.05) is 11.9 Å². The maximum absolute atomic E-state index is 12.8. The van der Waals surface area contributed by atoms with Crippen LogP contribution in [0.3, 0.4) is 0 Å². The molecule has 168 valence electrons. The zero-order valence-electron chi connectivity index (χ0n) is 18.4. The highest BCUT2D eigenvalue weighted by atomic mass is 16.5. The van der Waals surface area contributed by atoms with E-state index in [0.29, 0.717) is 28.3 Å². The summed E-state index contributed by atoms with van der Waals surface area (Å²) >= 11 is 0. The second-order valence-corrected chi connectivity index (χ2v) is 8.07. The van der Waals surface area contributed by atoms with E-state index < -0.39 is 0 Å². The fraction of sp³-hybridized carbons (Fsp3) is 0.269. The van der Waals surface area contributed by atoms with Crippen LogP contribution in [0.5, 0.6) is 5.75 Å². The molecular weight excluding hydrogens is 418 g/mol. The molecule has 1 unspecified atom stereocenters. The average Bonchev–Trinajstić information content (AvgIpc) is 3.33. The van der Waals surface area contributed by atoms with Crippen molar-refractivity contribution in [1.82, 2.24) is 4.90 Å².